The number of rotatable bonds is 3. The normalized spacial score (nSPS) is 21.3. The van der Waals surface area contributed by atoms with Crippen molar-refractivity contribution >= 4 is 17.5 Å². The summed E-state index contributed by atoms with van der Waals surface area (Å²) in [5.74, 6) is -0.324. The van der Waals surface area contributed by atoms with Crippen molar-refractivity contribution in [2.75, 3.05) is 25.0 Å². The molecule has 2 fully saturated rings. The van der Waals surface area contributed by atoms with E-state index >= 15 is 0 Å². The van der Waals surface area contributed by atoms with Crippen molar-refractivity contribution in [1.29, 1.82) is 0 Å². The lowest BCUT2D eigenvalue weighted by Crippen LogP contribution is -2.52. The Morgan fingerprint density at radius 3 is 2.35 bits per heavy atom. The van der Waals surface area contributed by atoms with Gasteiger partial charge in [-0.2, -0.15) is 0 Å². The Morgan fingerprint density at radius 2 is 1.75 bits per heavy atom. The molecule has 0 spiro atoms. The van der Waals surface area contributed by atoms with Crippen molar-refractivity contribution in [3.05, 3.63) is 29.8 Å². The maximum Gasteiger partial charge on any atom is 0.248 e. The van der Waals surface area contributed by atoms with E-state index in [1.807, 2.05) is 29.2 Å². The lowest BCUT2D eigenvalue weighted by Gasteiger charge is -2.33. The van der Waals surface area contributed by atoms with Gasteiger partial charge in [-0.3, -0.25) is 14.5 Å². The number of imide groups is 1. The molecule has 2 N–H and O–H groups in total. The number of benzene rings is 1. The van der Waals surface area contributed by atoms with Crippen molar-refractivity contribution in [1.82, 2.24) is 4.90 Å². The Bertz CT molecular complexity index is 548. The molecular weight excluding hydrogens is 254 g/mol. The number of carbonyl (C=O) groups excluding carboxylic acids is 2. The fourth-order valence-corrected chi connectivity index (χ4v) is 2.59. The van der Waals surface area contributed by atoms with Gasteiger partial charge in [0.1, 0.15) is 0 Å². The Labute approximate surface area is 118 Å². The Balaban J connectivity index is 1.86. The minimum Gasteiger partial charge on any atom is -0.353 e. The highest BCUT2D eigenvalue weighted by Gasteiger charge is 2.39. The lowest BCUT2D eigenvalue weighted by atomic mass is 10.0. The van der Waals surface area contributed by atoms with E-state index in [9.17, 15) is 9.59 Å². The van der Waals surface area contributed by atoms with Crippen LogP contribution < -0.4 is 10.6 Å². The molecule has 1 saturated carbocycles. The molecular formula is C15H19N3O2. The fraction of sp³-hybridized carbons (Fsp3) is 0.467. The van der Waals surface area contributed by atoms with Crippen LogP contribution in [0.5, 0.6) is 0 Å². The van der Waals surface area contributed by atoms with Crippen LogP contribution in [0.3, 0.4) is 0 Å². The number of nitrogens with two attached hydrogens (primary N) is 1. The molecule has 0 atom stereocenters. The smallest absolute Gasteiger partial charge is 0.248 e. The van der Waals surface area contributed by atoms with Gasteiger partial charge in [-0.1, -0.05) is 18.2 Å². The van der Waals surface area contributed by atoms with Crippen molar-refractivity contribution in [3.63, 3.8) is 0 Å². The summed E-state index contributed by atoms with van der Waals surface area (Å²) in [6.07, 6.45) is 2.89. The number of para-hydroxylation sites is 1. The number of hydrogen-bond donors (Lipinski definition) is 1. The molecule has 1 heterocycles. The monoisotopic (exact) mass is 273 g/mol. The van der Waals surface area contributed by atoms with Crippen LogP contribution in [0.25, 0.3) is 0 Å². The zero-order chi connectivity index (χ0) is 14.3. The van der Waals surface area contributed by atoms with Crippen LogP contribution >= 0.6 is 0 Å². The minimum atomic E-state index is -0.162. The van der Waals surface area contributed by atoms with E-state index in [0.717, 1.165) is 30.5 Å². The maximum atomic E-state index is 11.8. The molecule has 0 aromatic heterocycles. The molecule has 1 aliphatic carbocycles. The maximum absolute atomic E-state index is 11.8. The molecule has 0 unspecified atom stereocenters. The second-order valence-electron chi connectivity index (χ2n) is 5.87. The first-order chi connectivity index (χ1) is 9.48. The molecule has 1 aromatic rings. The quantitative estimate of drug-likeness (QED) is 0.816. The number of carbonyl (C=O) groups is 2. The van der Waals surface area contributed by atoms with Gasteiger partial charge in [0.05, 0.1) is 13.1 Å². The number of anilines is 1. The summed E-state index contributed by atoms with van der Waals surface area (Å²) in [6.45, 7) is 0.494. The fourth-order valence-electron chi connectivity index (χ4n) is 2.59. The van der Waals surface area contributed by atoms with Gasteiger partial charge in [0.2, 0.25) is 11.8 Å². The average Bonchev–Trinajstić information content (AvgIpc) is 3.13. The molecule has 1 saturated heterocycles. The lowest BCUT2D eigenvalue weighted by molar-refractivity contribution is -0.143. The number of amides is 2. The van der Waals surface area contributed by atoms with Crippen molar-refractivity contribution in [3.8, 4) is 0 Å². The van der Waals surface area contributed by atoms with Crippen LogP contribution in [0.4, 0.5) is 5.69 Å². The summed E-state index contributed by atoms with van der Waals surface area (Å²) < 4.78 is 0. The highest BCUT2D eigenvalue weighted by atomic mass is 16.2. The molecule has 1 aromatic carbocycles. The van der Waals surface area contributed by atoms with E-state index in [-0.39, 0.29) is 30.4 Å². The first kappa shape index (κ1) is 13.1. The molecule has 1 aliphatic heterocycles. The second kappa shape index (κ2) is 4.59. The van der Waals surface area contributed by atoms with Crippen LogP contribution in [0, 0.1) is 0 Å². The summed E-state index contributed by atoms with van der Waals surface area (Å²) in [4.78, 5) is 26.7. The Kier molecular flexibility index (Phi) is 3.01. The van der Waals surface area contributed by atoms with Gasteiger partial charge >= 0.3 is 0 Å². The van der Waals surface area contributed by atoms with Gasteiger partial charge in [-0.25, -0.2) is 0 Å². The van der Waals surface area contributed by atoms with E-state index in [1.54, 1.807) is 0 Å². The molecule has 106 valence electrons. The Hall–Kier alpha value is -1.88. The summed E-state index contributed by atoms with van der Waals surface area (Å²) in [5, 5.41) is 0. The standard InChI is InChI=1S/C15H19N3O2/c1-17-13(19)9-18(10-14(17)20)12-5-3-2-4-11(12)8-15(16)6-7-15/h2-5H,6-10,16H2,1H3. The highest BCUT2D eigenvalue weighted by molar-refractivity contribution is 6.02. The van der Waals surface area contributed by atoms with Crippen molar-refractivity contribution in [2.24, 2.45) is 5.73 Å². The third-order valence-electron chi connectivity index (χ3n) is 4.17. The predicted octanol–water partition coefficient (Wildman–Crippen LogP) is 0.525. The molecule has 3 rings (SSSR count). The number of hydrogen-bond acceptors (Lipinski definition) is 4. The number of piperazine rings is 1. The zero-order valence-corrected chi connectivity index (χ0v) is 11.6. The van der Waals surface area contributed by atoms with E-state index < -0.39 is 0 Å². The predicted molar refractivity (Wildman–Crippen MR) is 76.3 cm³/mol. The van der Waals surface area contributed by atoms with E-state index in [1.165, 1.54) is 11.9 Å². The van der Waals surface area contributed by atoms with Gasteiger partial charge in [-0.15, -0.1) is 0 Å². The molecule has 2 amide bonds. The van der Waals surface area contributed by atoms with Crippen molar-refractivity contribution in [2.45, 2.75) is 24.8 Å². The molecule has 20 heavy (non-hydrogen) atoms. The SMILES string of the molecule is CN1C(=O)CN(c2ccccc2CC2(N)CC2)CC1=O. The molecule has 5 heteroatoms. The van der Waals surface area contributed by atoms with Gasteiger partial charge in [0.25, 0.3) is 0 Å². The van der Waals surface area contributed by atoms with E-state index in [4.69, 9.17) is 5.73 Å². The molecule has 0 radical (unpaired) electrons. The molecule has 2 aliphatic rings. The summed E-state index contributed by atoms with van der Waals surface area (Å²) in [6, 6.07) is 7.91. The van der Waals surface area contributed by atoms with Crippen molar-refractivity contribution < 1.29 is 9.59 Å². The molecule has 0 bridgehead atoms. The minimum absolute atomic E-state index is 0.0866. The van der Waals surface area contributed by atoms with Crippen LogP contribution in [0.15, 0.2) is 24.3 Å². The van der Waals surface area contributed by atoms with Crippen LogP contribution in [-0.2, 0) is 16.0 Å². The average molecular weight is 273 g/mol. The first-order valence-electron chi connectivity index (χ1n) is 6.90. The summed E-state index contributed by atoms with van der Waals surface area (Å²) in [5.41, 5.74) is 8.19. The zero-order valence-electron chi connectivity index (χ0n) is 11.6. The first-order valence-corrected chi connectivity index (χ1v) is 6.90. The largest absolute Gasteiger partial charge is 0.353 e. The third kappa shape index (κ3) is 2.41. The second-order valence-corrected chi connectivity index (χ2v) is 5.87. The third-order valence-corrected chi connectivity index (χ3v) is 4.17. The number of nitrogens with zero attached hydrogens (tertiary/aromatic N) is 2. The summed E-state index contributed by atoms with van der Waals surface area (Å²) >= 11 is 0. The van der Waals surface area contributed by atoms with Crippen LogP contribution in [-0.4, -0.2) is 42.4 Å². The van der Waals surface area contributed by atoms with Crippen LogP contribution in [0.1, 0.15) is 18.4 Å². The highest BCUT2D eigenvalue weighted by Crippen LogP contribution is 2.38. The number of likely N-dealkylation sites (N-methyl/N-ethyl adjacent to an activating group) is 1. The van der Waals surface area contributed by atoms with Gasteiger partial charge < -0.3 is 10.6 Å². The van der Waals surface area contributed by atoms with Gasteiger partial charge in [-0.05, 0) is 30.9 Å². The summed E-state index contributed by atoms with van der Waals surface area (Å²) in [7, 11) is 1.53. The van der Waals surface area contributed by atoms with Gasteiger partial charge in [0.15, 0.2) is 0 Å². The molecule has 5 nitrogen and oxygen atoms in total. The Morgan fingerprint density at radius 1 is 1.15 bits per heavy atom. The topological polar surface area (TPSA) is 66.6 Å². The van der Waals surface area contributed by atoms with Gasteiger partial charge in [0, 0.05) is 18.3 Å². The van der Waals surface area contributed by atoms with Crippen LogP contribution in [0.2, 0.25) is 0 Å². The van der Waals surface area contributed by atoms with E-state index in [2.05, 4.69) is 0 Å². The van der Waals surface area contributed by atoms with E-state index in [0.29, 0.717) is 0 Å².